The van der Waals surface area contributed by atoms with Gasteiger partial charge in [0.05, 0.1) is 0 Å². The highest BCUT2D eigenvalue weighted by molar-refractivity contribution is 5.74. The van der Waals surface area contributed by atoms with Gasteiger partial charge in [-0.2, -0.15) is 0 Å². The Morgan fingerprint density at radius 2 is 1.43 bits per heavy atom. The van der Waals surface area contributed by atoms with Gasteiger partial charge in [0.2, 0.25) is 0 Å². The zero-order chi connectivity index (χ0) is 17.0. The number of rotatable bonds is 2. The average molecular weight is 315 g/mol. The van der Waals surface area contributed by atoms with E-state index in [1.54, 1.807) is 0 Å². The molecule has 2 rings (SSSR count). The molecule has 1 aromatic rings. The molecule has 0 amide bonds. The normalized spacial score (nSPS) is 18.5. The molecule has 0 fully saturated rings. The molecule has 0 bridgehead atoms. The number of fused-ring (bicyclic) bond motifs is 1. The standard InChI is InChI=1S/C20H28.C2H6.CH4/c1-7-9-15(8-2)16-10-11-17-18(14-16)20(5,6)13-12-19(17,3)4;1-2;/h7-11,14H,12-13H2,1-6H3;1-2H3;1H4/b9-7-,15-8+;;. The van der Waals surface area contributed by atoms with E-state index in [9.17, 15) is 0 Å². The van der Waals surface area contributed by atoms with Crippen LogP contribution in [-0.4, -0.2) is 0 Å². The SMILES string of the molecule is C.C/C=C\C(=C/C)c1ccc2c(c1)C(C)(C)CCC2(C)C.CC. The highest BCUT2D eigenvalue weighted by Gasteiger charge is 2.36. The van der Waals surface area contributed by atoms with E-state index >= 15 is 0 Å². The van der Waals surface area contributed by atoms with Gasteiger partial charge >= 0.3 is 0 Å². The predicted molar refractivity (Wildman–Crippen MR) is 108 cm³/mol. The average Bonchev–Trinajstić information content (AvgIpc) is 2.51. The van der Waals surface area contributed by atoms with Crippen LogP contribution < -0.4 is 0 Å². The molecule has 1 aliphatic rings. The van der Waals surface area contributed by atoms with Crippen LogP contribution in [0.25, 0.3) is 5.57 Å². The van der Waals surface area contributed by atoms with Crippen LogP contribution in [0.5, 0.6) is 0 Å². The first kappa shape index (κ1) is 21.7. The summed E-state index contributed by atoms with van der Waals surface area (Å²) < 4.78 is 0. The molecule has 0 spiro atoms. The molecule has 0 unspecified atom stereocenters. The van der Waals surface area contributed by atoms with Crippen molar-refractivity contribution >= 4 is 5.57 Å². The third kappa shape index (κ3) is 4.59. The maximum atomic E-state index is 2.42. The smallest absolute Gasteiger partial charge is 0.0100 e. The van der Waals surface area contributed by atoms with Gasteiger partial charge in [-0.05, 0) is 59.8 Å². The molecule has 0 atom stereocenters. The van der Waals surface area contributed by atoms with Crippen molar-refractivity contribution in [3.63, 3.8) is 0 Å². The second-order valence-electron chi connectivity index (χ2n) is 7.27. The van der Waals surface area contributed by atoms with E-state index in [1.807, 2.05) is 13.8 Å². The Bertz CT molecular complexity index is 553. The predicted octanol–water partition coefficient (Wildman–Crippen LogP) is 7.68. The van der Waals surface area contributed by atoms with E-state index in [0.29, 0.717) is 5.41 Å². The summed E-state index contributed by atoms with van der Waals surface area (Å²) in [5.41, 5.74) is 6.32. The first-order chi connectivity index (χ1) is 10.3. The number of hydrogen-bond donors (Lipinski definition) is 0. The summed E-state index contributed by atoms with van der Waals surface area (Å²) in [7, 11) is 0. The molecule has 1 aromatic carbocycles. The Balaban J connectivity index is 0.00000155. The Hall–Kier alpha value is -1.30. The van der Waals surface area contributed by atoms with Crippen LogP contribution in [0.4, 0.5) is 0 Å². The first-order valence-electron chi connectivity index (χ1n) is 8.76. The van der Waals surface area contributed by atoms with Crippen LogP contribution >= 0.6 is 0 Å². The highest BCUT2D eigenvalue weighted by atomic mass is 14.4. The minimum absolute atomic E-state index is 0. The number of allylic oxidation sites excluding steroid dienone is 4. The van der Waals surface area contributed by atoms with Crippen molar-refractivity contribution in [3.8, 4) is 0 Å². The fourth-order valence-corrected chi connectivity index (χ4v) is 3.31. The summed E-state index contributed by atoms with van der Waals surface area (Å²) >= 11 is 0. The summed E-state index contributed by atoms with van der Waals surface area (Å²) in [6.07, 6.45) is 9.05. The molecule has 0 heteroatoms. The third-order valence-electron chi connectivity index (χ3n) is 4.84. The lowest BCUT2D eigenvalue weighted by molar-refractivity contribution is 0.332. The van der Waals surface area contributed by atoms with Crippen molar-refractivity contribution in [3.05, 3.63) is 53.1 Å². The van der Waals surface area contributed by atoms with Gasteiger partial charge in [0.25, 0.3) is 0 Å². The molecule has 0 aromatic heterocycles. The van der Waals surface area contributed by atoms with Gasteiger partial charge in [-0.25, -0.2) is 0 Å². The molecule has 23 heavy (non-hydrogen) atoms. The third-order valence-corrected chi connectivity index (χ3v) is 4.84. The number of benzene rings is 1. The lowest BCUT2D eigenvalue weighted by Crippen LogP contribution is -2.33. The summed E-state index contributed by atoms with van der Waals surface area (Å²) in [5, 5.41) is 0. The van der Waals surface area contributed by atoms with Crippen LogP contribution in [0.2, 0.25) is 0 Å². The van der Waals surface area contributed by atoms with E-state index in [0.717, 1.165) is 0 Å². The summed E-state index contributed by atoms with van der Waals surface area (Å²) in [5.74, 6) is 0. The van der Waals surface area contributed by atoms with Gasteiger partial charge in [-0.15, -0.1) is 0 Å². The zero-order valence-corrected chi connectivity index (χ0v) is 15.9. The van der Waals surface area contributed by atoms with Crippen LogP contribution in [0.1, 0.15) is 92.3 Å². The molecule has 0 saturated carbocycles. The van der Waals surface area contributed by atoms with Gasteiger partial charge < -0.3 is 0 Å². The quantitative estimate of drug-likeness (QED) is 0.491. The fraction of sp³-hybridized carbons (Fsp3) is 0.565. The van der Waals surface area contributed by atoms with Crippen LogP contribution in [-0.2, 0) is 10.8 Å². The summed E-state index contributed by atoms with van der Waals surface area (Å²) in [4.78, 5) is 0. The first-order valence-corrected chi connectivity index (χ1v) is 8.76. The Morgan fingerprint density at radius 3 is 1.91 bits per heavy atom. The molecule has 1 aliphatic carbocycles. The zero-order valence-electron chi connectivity index (χ0n) is 15.9. The molecule has 0 nitrogen and oxygen atoms in total. The minimum atomic E-state index is 0. The highest BCUT2D eigenvalue weighted by Crippen LogP contribution is 2.46. The van der Waals surface area contributed by atoms with E-state index in [2.05, 4.69) is 78.0 Å². The Kier molecular flexibility index (Phi) is 8.04. The topological polar surface area (TPSA) is 0 Å². The maximum Gasteiger partial charge on any atom is -0.0100 e. The van der Waals surface area contributed by atoms with Crippen molar-refractivity contribution in [2.24, 2.45) is 0 Å². The van der Waals surface area contributed by atoms with Crippen molar-refractivity contribution in [1.29, 1.82) is 0 Å². The largest absolute Gasteiger partial charge is 0.0871 e. The number of hydrogen-bond acceptors (Lipinski definition) is 0. The van der Waals surface area contributed by atoms with Crippen molar-refractivity contribution in [2.75, 3.05) is 0 Å². The lowest BCUT2D eigenvalue weighted by atomic mass is 9.63. The molecular formula is C23H38. The van der Waals surface area contributed by atoms with Gasteiger partial charge in [0.1, 0.15) is 0 Å². The van der Waals surface area contributed by atoms with Gasteiger partial charge in [-0.1, -0.05) is 85.4 Å². The van der Waals surface area contributed by atoms with Crippen LogP contribution in [0, 0.1) is 0 Å². The van der Waals surface area contributed by atoms with E-state index in [-0.39, 0.29) is 12.8 Å². The molecule has 0 N–H and O–H groups in total. The monoisotopic (exact) mass is 314 g/mol. The molecular weight excluding hydrogens is 276 g/mol. The van der Waals surface area contributed by atoms with Crippen LogP contribution in [0.15, 0.2) is 36.4 Å². The van der Waals surface area contributed by atoms with E-state index < -0.39 is 0 Å². The van der Waals surface area contributed by atoms with Crippen molar-refractivity contribution < 1.29 is 0 Å². The Labute approximate surface area is 145 Å². The van der Waals surface area contributed by atoms with Gasteiger partial charge in [-0.3, -0.25) is 0 Å². The second-order valence-corrected chi connectivity index (χ2v) is 7.27. The molecule has 0 radical (unpaired) electrons. The Morgan fingerprint density at radius 1 is 0.913 bits per heavy atom. The van der Waals surface area contributed by atoms with E-state index in [1.165, 1.54) is 35.1 Å². The summed E-state index contributed by atoms with van der Waals surface area (Å²) in [6, 6.07) is 7.07. The maximum absolute atomic E-state index is 2.42. The second kappa shape index (κ2) is 8.52. The minimum Gasteiger partial charge on any atom is -0.0871 e. The molecule has 0 aliphatic heterocycles. The van der Waals surface area contributed by atoms with Crippen molar-refractivity contribution in [2.45, 2.75) is 86.5 Å². The molecule has 0 heterocycles. The van der Waals surface area contributed by atoms with Gasteiger partial charge in [0.15, 0.2) is 0 Å². The fourth-order valence-electron chi connectivity index (χ4n) is 3.31. The van der Waals surface area contributed by atoms with Crippen LogP contribution in [0.3, 0.4) is 0 Å². The lowest BCUT2D eigenvalue weighted by Gasteiger charge is -2.42. The molecule has 0 saturated heterocycles. The van der Waals surface area contributed by atoms with Gasteiger partial charge in [0, 0.05) is 0 Å². The molecule has 130 valence electrons. The van der Waals surface area contributed by atoms with E-state index in [4.69, 9.17) is 0 Å². The van der Waals surface area contributed by atoms with Crippen molar-refractivity contribution in [1.82, 2.24) is 0 Å². The summed E-state index contributed by atoms with van der Waals surface area (Å²) in [6.45, 7) is 17.7.